The lowest BCUT2D eigenvalue weighted by Gasteiger charge is -2.18. The summed E-state index contributed by atoms with van der Waals surface area (Å²) in [7, 11) is 3.92. The zero-order valence-corrected chi connectivity index (χ0v) is 13.6. The molecule has 1 aliphatic rings. The van der Waals surface area contributed by atoms with Crippen molar-refractivity contribution in [3.05, 3.63) is 54.1 Å². The van der Waals surface area contributed by atoms with Gasteiger partial charge in [-0.15, -0.1) is 0 Å². The molecule has 0 saturated carbocycles. The predicted octanol–water partition coefficient (Wildman–Crippen LogP) is 2.25. The summed E-state index contributed by atoms with van der Waals surface area (Å²) in [5.41, 5.74) is 2.81. The number of aromatic nitrogens is 2. The summed E-state index contributed by atoms with van der Waals surface area (Å²) in [5, 5.41) is 0. The molecule has 120 valence electrons. The van der Waals surface area contributed by atoms with Crippen LogP contribution in [0.4, 0.5) is 5.69 Å². The molecule has 2 aromatic rings. The monoisotopic (exact) mass is 310 g/mol. The molecule has 3 heterocycles. The molecule has 1 fully saturated rings. The second-order valence-corrected chi connectivity index (χ2v) is 6.26. The summed E-state index contributed by atoms with van der Waals surface area (Å²) < 4.78 is 0. The molecule has 1 aliphatic heterocycles. The number of hydrogen-bond donors (Lipinski definition) is 0. The standard InChI is InChI=1S/C18H22N4O/c1-21(2)16-5-9-20-17(12-16)18(23)22-10-6-15(13-22)11-14-3-7-19-8-4-14/h3-5,7-9,12,15H,6,10-11,13H2,1-2H3. The van der Waals surface area contributed by atoms with Crippen molar-refractivity contribution in [1.29, 1.82) is 0 Å². The van der Waals surface area contributed by atoms with Crippen LogP contribution >= 0.6 is 0 Å². The number of amides is 1. The van der Waals surface area contributed by atoms with E-state index in [1.165, 1.54) is 5.56 Å². The van der Waals surface area contributed by atoms with Gasteiger partial charge in [-0.05, 0) is 48.6 Å². The fourth-order valence-electron chi connectivity index (χ4n) is 3.01. The van der Waals surface area contributed by atoms with Crippen LogP contribution in [0.1, 0.15) is 22.5 Å². The van der Waals surface area contributed by atoms with Crippen LogP contribution < -0.4 is 4.90 Å². The van der Waals surface area contributed by atoms with E-state index in [0.29, 0.717) is 11.6 Å². The third kappa shape index (κ3) is 3.67. The Morgan fingerprint density at radius 3 is 2.78 bits per heavy atom. The molecule has 2 aromatic heterocycles. The Morgan fingerprint density at radius 2 is 2.04 bits per heavy atom. The van der Waals surface area contributed by atoms with Crippen LogP contribution in [-0.4, -0.2) is 48.0 Å². The Bertz CT molecular complexity index is 672. The van der Waals surface area contributed by atoms with Crippen LogP contribution in [0, 0.1) is 5.92 Å². The maximum atomic E-state index is 12.7. The lowest BCUT2D eigenvalue weighted by atomic mass is 10.00. The lowest BCUT2D eigenvalue weighted by Crippen LogP contribution is -2.29. The second kappa shape index (κ2) is 6.77. The Balaban J connectivity index is 1.64. The van der Waals surface area contributed by atoms with Crippen LogP contribution in [0.25, 0.3) is 0 Å². The second-order valence-electron chi connectivity index (χ2n) is 6.26. The molecule has 0 N–H and O–H groups in total. The normalized spacial score (nSPS) is 17.3. The summed E-state index contributed by atoms with van der Waals surface area (Å²) in [5.74, 6) is 0.546. The third-order valence-corrected chi connectivity index (χ3v) is 4.33. The van der Waals surface area contributed by atoms with Gasteiger partial charge in [0.05, 0.1) is 0 Å². The smallest absolute Gasteiger partial charge is 0.272 e. The van der Waals surface area contributed by atoms with Crippen molar-refractivity contribution in [3.63, 3.8) is 0 Å². The topological polar surface area (TPSA) is 49.3 Å². The number of nitrogens with zero attached hydrogens (tertiary/aromatic N) is 4. The van der Waals surface area contributed by atoms with Gasteiger partial charge in [0.2, 0.25) is 0 Å². The molecule has 1 unspecified atom stereocenters. The summed E-state index contributed by atoms with van der Waals surface area (Å²) in [6, 6.07) is 7.87. The number of likely N-dealkylation sites (tertiary alicyclic amines) is 1. The van der Waals surface area contributed by atoms with E-state index in [0.717, 1.165) is 31.6 Å². The minimum atomic E-state index is 0.0333. The number of carbonyl (C=O) groups is 1. The minimum absolute atomic E-state index is 0.0333. The van der Waals surface area contributed by atoms with Gasteiger partial charge in [0.25, 0.3) is 5.91 Å². The van der Waals surface area contributed by atoms with Crippen molar-refractivity contribution in [2.75, 3.05) is 32.1 Å². The van der Waals surface area contributed by atoms with Crippen molar-refractivity contribution in [2.45, 2.75) is 12.8 Å². The van der Waals surface area contributed by atoms with E-state index >= 15 is 0 Å². The highest BCUT2D eigenvalue weighted by Crippen LogP contribution is 2.22. The molecular formula is C18H22N4O. The van der Waals surface area contributed by atoms with Gasteiger partial charge >= 0.3 is 0 Å². The minimum Gasteiger partial charge on any atom is -0.378 e. The highest BCUT2D eigenvalue weighted by atomic mass is 16.2. The van der Waals surface area contributed by atoms with E-state index in [9.17, 15) is 4.79 Å². The van der Waals surface area contributed by atoms with Gasteiger partial charge in [0, 0.05) is 51.5 Å². The summed E-state index contributed by atoms with van der Waals surface area (Å²) in [4.78, 5) is 24.9. The molecule has 0 spiro atoms. The van der Waals surface area contributed by atoms with Crippen LogP contribution in [0.3, 0.4) is 0 Å². The Labute approximate surface area is 137 Å². The van der Waals surface area contributed by atoms with Gasteiger partial charge in [-0.2, -0.15) is 0 Å². The molecule has 1 saturated heterocycles. The first-order valence-corrected chi connectivity index (χ1v) is 7.95. The van der Waals surface area contributed by atoms with Crippen LogP contribution in [0.5, 0.6) is 0 Å². The molecule has 1 amide bonds. The van der Waals surface area contributed by atoms with E-state index in [1.54, 1.807) is 6.20 Å². The molecule has 5 heteroatoms. The fourth-order valence-corrected chi connectivity index (χ4v) is 3.01. The fraction of sp³-hybridized carbons (Fsp3) is 0.389. The van der Waals surface area contributed by atoms with Crippen LogP contribution in [0.2, 0.25) is 0 Å². The summed E-state index contributed by atoms with van der Waals surface area (Å²) >= 11 is 0. The van der Waals surface area contributed by atoms with E-state index in [-0.39, 0.29) is 5.91 Å². The molecule has 5 nitrogen and oxygen atoms in total. The van der Waals surface area contributed by atoms with Gasteiger partial charge in [0.1, 0.15) is 5.69 Å². The molecule has 0 aromatic carbocycles. The Hall–Kier alpha value is -2.43. The van der Waals surface area contributed by atoms with E-state index in [1.807, 2.05) is 60.6 Å². The number of carbonyl (C=O) groups excluding carboxylic acids is 1. The van der Waals surface area contributed by atoms with Crippen molar-refractivity contribution in [1.82, 2.24) is 14.9 Å². The largest absolute Gasteiger partial charge is 0.378 e. The number of rotatable bonds is 4. The first-order valence-electron chi connectivity index (χ1n) is 7.95. The van der Waals surface area contributed by atoms with Crippen molar-refractivity contribution >= 4 is 11.6 Å². The Morgan fingerprint density at radius 1 is 1.26 bits per heavy atom. The average Bonchev–Trinajstić information content (AvgIpc) is 3.03. The SMILES string of the molecule is CN(C)c1ccnc(C(=O)N2CCC(Cc3ccncc3)C2)c1. The maximum absolute atomic E-state index is 12.7. The molecule has 0 radical (unpaired) electrons. The van der Waals surface area contributed by atoms with Gasteiger partial charge < -0.3 is 9.80 Å². The third-order valence-electron chi connectivity index (χ3n) is 4.33. The van der Waals surface area contributed by atoms with E-state index in [2.05, 4.69) is 9.97 Å². The number of anilines is 1. The van der Waals surface area contributed by atoms with Crippen LogP contribution in [0.15, 0.2) is 42.9 Å². The average molecular weight is 310 g/mol. The maximum Gasteiger partial charge on any atom is 0.272 e. The zero-order chi connectivity index (χ0) is 16.2. The molecule has 0 aliphatic carbocycles. The quantitative estimate of drug-likeness (QED) is 0.869. The van der Waals surface area contributed by atoms with Crippen LogP contribution in [-0.2, 0) is 6.42 Å². The molecule has 3 rings (SSSR count). The van der Waals surface area contributed by atoms with Crippen molar-refractivity contribution in [3.8, 4) is 0 Å². The number of hydrogen-bond acceptors (Lipinski definition) is 4. The molecule has 0 bridgehead atoms. The molecule has 23 heavy (non-hydrogen) atoms. The summed E-state index contributed by atoms with van der Waals surface area (Å²) in [6.07, 6.45) is 7.39. The first kappa shape index (κ1) is 15.5. The van der Waals surface area contributed by atoms with Gasteiger partial charge in [-0.1, -0.05) is 0 Å². The number of pyridine rings is 2. The van der Waals surface area contributed by atoms with E-state index < -0.39 is 0 Å². The molecular weight excluding hydrogens is 288 g/mol. The van der Waals surface area contributed by atoms with Gasteiger partial charge in [0.15, 0.2) is 0 Å². The van der Waals surface area contributed by atoms with E-state index in [4.69, 9.17) is 0 Å². The summed E-state index contributed by atoms with van der Waals surface area (Å²) in [6.45, 7) is 1.61. The Kier molecular flexibility index (Phi) is 4.55. The highest BCUT2D eigenvalue weighted by Gasteiger charge is 2.27. The first-order chi connectivity index (χ1) is 11.1. The van der Waals surface area contributed by atoms with Gasteiger partial charge in [-0.3, -0.25) is 14.8 Å². The zero-order valence-electron chi connectivity index (χ0n) is 13.6. The van der Waals surface area contributed by atoms with Crippen molar-refractivity contribution in [2.24, 2.45) is 5.92 Å². The highest BCUT2D eigenvalue weighted by molar-refractivity contribution is 5.93. The van der Waals surface area contributed by atoms with Crippen molar-refractivity contribution < 1.29 is 4.79 Å². The van der Waals surface area contributed by atoms with Gasteiger partial charge in [-0.25, -0.2) is 0 Å². The predicted molar refractivity (Wildman–Crippen MR) is 90.5 cm³/mol. The molecule has 1 atom stereocenters. The lowest BCUT2D eigenvalue weighted by molar-refractivity contribution is 0.0781.